The van der Waals surface area contributed by atoms with Gasteiger partial charge in [-0.15, -0.1) is 0 Å². The van der Waals surface area contributed by atoms with Crippen molar-refractivity contribution in [3.8, 4) is 0 Å². The third-order valence-corrected chi connectivity index (χ3v) is 5.80. The Morgan fingerprint density at radius 3 is 3.00 bits per heavy atom. The Hall–Kier alpha value is -1.69. The van der Waals surface area contributed by atoms with Gasteiger partial charge in [0.1, 0.15) is 5.41 Å². The number of aliphatic imine (C=N–C) groups is 1. The molecule has 2 aliphatic rings. The molecule has 2 bridgehead atoms. The van der Waals surface area contributed by atoms with Crippen LogP contribution in [0.25, 0.3) is 0 Å². The SMILES string of the molecule is CN=C1S[C@@H](OC(C)=O)[C@H]2CCC[C@]1(c1cccnc1)C2=O. The molecule has 1 aliphatic heterocycles. The quantitative estimate of drug-likeness (QED) is 0.783. The zero-order valence-electron chi connectivity index (χ0n) is 12.6. The fourth-order valence-corrected chi connectivity index (χ4v) is 4.92. The molecule has 0 aromatic carbocycles. The van der Waals surface area contributed by atoms with Crippen LogP contribution in [0.4, 0.5) is 0 Å². The van der Waals surface area contributed by atoms with Crippen molar-refractivity contribution in [3.05, 3.63) is 30.1 Å². The first kappa shape index (κ1) is 15.2. The Labute approximate surface area is 133 Å². The second-order valence-corrected chi connectivity index (χ2v) is 6.72. The average Bonchev–Trinajstić information content (AvgIpc) is 2.51. The number of ketones is 1. The number of hydrogen-bond acceptors (Lipinski definition) is 6. The number of aromatic nitrogens is 1. The van der Waals surface area contributed by atoms with Gasteiger partial charge in [0.2, 0.25) is 0 Å². The molecule has 5 nitrogen and oxygen atoms in total. The summed E-state index contributed by atoms with van der Waals surface area (Å²) in [5, 5.41) is 0.729. The molecule has 0 radical (unpaired) electrons. The van der Waals surface area contributed by atoms with E-state index in [0.29, 0.717) is 0 Å². The van der Waals surface area contributed by atoms with Gasteiger partial charge in [-0.3, -0.25) is 19.6 Å². The summed E-state index contributed by atoms with van der Waals surface area (Å²) >= 11 is 1.41. The topological polar surface area (TPSA) is 68.6 Å². The van der Waals surface area contributed by atoms with Gasteiger partial charge < -0.3 is 4.74 Å². The highest BCUT2D eigenvalue weighted by atomic mass is 32.2. The standard InChI is InChI=1S/C16H18N2O3S/c1-10(19)21-14-12-6-3-7-16(13(12)20,15(17-2)22-14)11-5-4-8-18-9-11/h4-5,8-9,12,14H,3,6-7H2,1-2H3/t12-,14+,16-/m0/s1. The van der Waals surface area contributed by atoms with Gasteiger partial charge in [-0.1, -0.05) is 24.2 Å². The van der Waals surface area contributed by atoms with Crippen LogP contribution < -0.4 is 0 Å². The van der Waals surface area contributed by atoms with E-state index in [0.717, 1.165) is 29.9 Å². The number of thioether (sulfide) groups is 1. The predicted molar refractivity (Wildman–Crippen MR) is 84.8 cm³/mol. The maximum Gasteiger partial charge on any atom is 0.303 e. The Morgan fingerprint density at radius 1 is 1.55 bits per heavy atom. The maximum absolute atomic E-state index is 13.2. The van der Waals surface area contributed by atoms with Gasteiger partial charge in [-0.25, -0.2) is 0 Å². The predicted octanol–water partition coefficient (Wildman–Crippen LogP) is 2.35. The smallest absolute Gasteiger partial charge is 0.303 e. The first-order valence-electron chi connectivity index (χ1n) is 7.35. The molecule has 6 heteroatoms. The van der Waals surface area contributed by atoms with Crippen LogP contribution in [0.5, 0.6) is 0 Å². The molecule has 1 aromatic rings. The van der Waals surface area contributed by atoms with Gasteiger partial charge in [0.15, 0.2) is 11.2 Å². The number of fused-ring (bicyclic) bond motifs is 2. The van der Waals surface area contributed by atoms with Gasteiger partial charge >= 0.3 is 5.97 Å². The highest BCUT2D eigenvalue weighted by molar-refractivity contribution is 8.14. The van der Waals surface area contributed by atoms with Crippen LogP contribution >= 0.6 is 11.8 Å². The van der Waals surface area contributed by atoms with E-state index in [-0.39, 0.29) is 17.7 Å². The van der Waals surface area contributed by atoms with Crippen molar-refractivity contribution >= 4 is 28.6 Å². The van der Waals surface area contributed by atoms with Crippen LogP contribution in [0.15, 0.2) is 29.5 Å². The fourth-order valence-electron chi connectivity index (χ4n) is 3.46. The molecule has 1 aromatic heterocycles. The molecule has 0 N–H and O–H groups in total. The van der Waals surface area contributed by atoms with Crippen LogP contribution in [-0.2, 0) is 19.7 Å². The second-order valence-electron chi connectivity index (χ2n) is 5.63. The van der Waals surface area contributed by atoms with Crippen LogP contribution in [0, 0.1) is 5.92 Å². The fraction of sp³-hybridized carbons (Fsp3) is 0.500. The molecule has 3 atom stereocenters. The van der Waals surface area contributed by atoms with Crippen molar-refractivity contribution in [2.75, 3.05) is 7.05 Å². The van der Waals surface area contributed by atoms with E-state index in [4.69, 9.17) is 4.74 Å². The first-order chi connectivity index (χ1) is 10.6. The van der Waals surface area contributed by atoms with Gasteiger partial charge in [0.05, 0.1) is 11.0 Å². The van der Waals surface area contributed by atoms with Gasteiger partial charge in [0, 0.05) is 26.4 Å². The van der Waals surface area contributed by atoms with Crippen LogP contribution in [-0.4, -0.2) is 34.3 Å². The molecule has 0 spiro atoms. The molecule has 2 heterocycles. The van der Waals surface area contributed by atoms with E-state index in [9.17, 15) is 9.59 Å². The third-order valence-electron chi connectivity index (χ3n) is 4.39. The van der Waals surface area contributed by atoms with Crippen LogP contribution in [0.1, 0.15) is 31.7 Å². The molecule has 116 valence electrons. The summed E-state index contributed by atoms with van der Waals surface area (Å²) in [6, 6.07) is 3.78. The molecule has 2 fully saturated rings. The molecule has 22 heavy (non-hydrogen) atoms. The normalized spacial score (nSPS) is 32.8. The lowest BCUT2D eigenvalue weighted by Gasteiger charge is -2.46. The number of ether oxygens (including phenoxy) is 1. The summed E-state index contributed by atoms with van der Waals surface area (Å²) in [7, 11) is 1.69. The van der Waals surface area contributed by atoms with E-state index in [1.54, 1.807) is 19.4 Å². The number of Topliss-reactive ketones (excluding diaryl/α,β-unsaturated/α-hetero) is 1. The minimum atomic E-state index is -0.715. The largest absolute Gasteiger partial charge is 0.450 e. The van der Waals surface area contributed by atoms with E-state index in [1.165, 1.54) is 18.7 Å². The molecule has 1 aliphatic carbocycles. The summed E-state index contributed by atoms with van der Waals surface area (Å²) in [6.45, 7) is 1.37. The van der Waals surface area contributed by atoms with Crippen molar-refractivity contribution in [2.45, 2.75) is 37.0 Å². The van der Waals surface area contributed by atoms with Crippen molar-refractivity contribution in [3.63, 3.8) is 0 Å². The first-order valence-corrected chi connectivity index (χ1v) is 8.23. The summed E-state index contributed by atoms with van der Waals surface area (Å²) in [5.41, 5.74) is -0.291. The lowest BCUT2D eigenvalue weighted by Crippen LogP contribution is -2.56. The van der Waals surface area contributed by atoms with Crippen LogP contribution in [0.2, 0.25) is 0 Å². The van der Waals surface area contributed by atoms with E-state index >= 15 is 0 Å². The molecular formula is C16H18N2O3S. The van der Waals surface area contributed by atoms with E-state index in [1.807, 2.05) is 12.1 Å². The Kier molecular flexibility index (Phi) is 4.04. The summed E-state index contributed by atoms with van der Waals surface area (Å²) < 4.78 is 5.37. The van der Waals surface area contributed by atoms with Crippen molar-refractivity contribution in [1.29, 1.82) is 0 Å². The molecule has 1 saturated carbocycles. The lowest BCUT2D eigenvalue weighted by atomic mass is 9.65. The molecule has 3 rings (SSSR count). The average molecular weight is 318 g/mol. The van der Waals surface area contributed by atoms with Gasteiger partial charge in [-0.2, -0.15) is 0 Å². The number of esters is 1. The minimum absolute atomic E-state index is 0.109. The zero-order chi connectivity index (χ0) is 15.7. The molecular weight excluding hydrogens is 300 g/mol. The Bertz CT molecular complexity index is 632. The number of carbonyl (C=O) groups is 2. The van der Waals surface area contributed by atoms with Crippen molar-refractivity contribution in [1.82, 2.24) is 4.98 Å². The number of pyridine rings is 1. The van der Waals surface area contributed by atoms with E-state index < -0.39 is 10.9 Å². The Balaban J connectivity index is 2.07. The number of nitrogens with zero attached hydrogens (tertiary/aromatic N) is 2. The summed E-state index contributed by atoms with van der Waals surface area (Å²) in [4.78, 5) is 33.0. The maximum atomic E-state index is 13.2. The zero-order valence-corrected chi connectivity index (χ0v) is 13.4. The van der Waals surface area contributed by atoms with Crippen molar-refractivity contribution in [2.24, 2.45) is 10.9 Å². The van der Waals surface area contributed by atoms with Crippen molar-refractivity contribution < 1.29 is 14.3 Å². The monoisotopic (exact) mass is 318 g/mol. The van der Waals surface area contributed by atoms with E-state index in [2.05, 4.69) is 9.98 Å². The summed E-state index contributed by atoms with van der Waals surface area (Å²) in [6.07, 6.45) is 5.84. The van der Waals surface area contributed by atoms with Gasteiger partial charge in [0.25, 0.3) is 0 Å². The number of carbonyl (C=O) groups excluding carboxylic acids is 2. The number of rotatable bonds is 2. The highest BCUT2D eigenvalue weighted by Crippen LogP contribution is 2.51. The van der Waals surface area contributed by atoms with Crippen LogP contribution in [0.3, 0.4) is 0 Å². The highest BCUT2D eigenvalue weighted by Gasteiger charge is 2.57. The molecule has 0 amide bonds. The number of hydrogen-bond donors (Lipinski definition) is 0. The molecule has 0 unspecified atom stereocenters. The minimum Gasteiger partial charge on any atom is -0.450 e. The van der Waals surface area contributed by atoms with Gasteiger partial charge in [-0.05, 0) is 24.5 Å². The molecule has 1 saturated heterocycles. The lowest BCUT2D eigenvalue weighted by molar-refractivity contribution is -0.147. The second kappa shape index (κ2) is 5.83. The Morgan fingerprint density at radius 2 is 2.36 bits per heavy atom. The third kappa shape index (κ3) is 2.26. The summed E-state index contributed by atoms with van der Waals surface area (Å²) in [5.74, 6) is -0.522.